The lowest BCUT2D eigenvalue weighted by atomic mass is 10.2. The summed E-state index contributed by atoms with van der Waals surface area (Å²) >= 11 is 1.30. The Labute approximate surface area is 195 Å². The average Bonchev–Trinajstić information content (AvgIpc) is 3.26. The van der Waals surface area contributed by atoms with Gasteiger partial charge >= 0.3 is 5.97 Å². The molecular formula is C22H22FN3O5S2. The number of hydrogen-bond acceptors (Lipinski definition) is 8. The Kier molecular flexibility index (Phi) is 6.71. The van der Waals surface area contributed by atoms with Crippen LogP contribution >= 0.6 is 11.8 Å². The summed E-state index contributed by atoms with van der Waals surface area (Å²) in [4.78, 5) is 31.3. The number of benzene rings is 2. The molecule has 0 spiro atoms. The summed E-state index contributed by atoms with van der Waals surface area (Å²) in [5.41, 5.74) is 1.08. The third-order valence-corrected chi connectivity index (χ3v) is 8.42. The van der Waals surface area contributed by atoms with E-state index in [-0.39, 0.29) is 41.5 Å². The normalized spacial score (nSPS) is 20.6. The van der Waals surface area contributed by atoms with Crippen LogP contribution in [-0.2, 0) is 19.4 Å². The van der Waals surface area contributed by atoms with Crippen molar-refractivity contribution >= 4 is 50.0 Å². The van der Waals surface area contributed by atoms with E-state index in [0.717, 1.165) is 0 Å². The molecule has 2 heterocycles. The molecule has 2 atom stereocenters. The molecule has 2 aromatic rings. The van der Waals surface area contributed by atoms with Gasteiger partial charge in [0.15, 0.2) is 15.0 Å². The quantitative estimate of drug-likeness (QED) is 0.620. The Hall–Kier alpha value is -2.92. The lowest BCUT2D eigenvalue weighted by molar-refractivity contribution is -0.114. The molecule has 0 bridgehead atoms. The molecule has 1 N–H and O–H groups in total. The minimum Gasteiger partial charge on any atom is -0.462 e. The van der Waals surface area contributed by atoms with Crippen molar-refractivity contribution in [3.05, 3.63) is 59.9 Å². The Morgan fingerprint density at radius 3 is 2.61 bits per heavy atom. The Morgan fingerprint density at radius 1 is 1.18 bits per heavy atom. The number of amides is 1. The van der Waals surface area contributed by atoms with E-state index in [0.29, 0.717) is 16.5 Å². The van der Waals surface area contributed by atoms with E-state index >= 15 is 0 Å². The van der Waals surface area contributed by atoms with Crippen LogP contribution in [0.2, 0.25) is 0 Å². The molecule has 2 aromatic carbocycles. The van der Waals surface area contributed by atoms with Gasteiger partial charge in [-0.2, -0.15) is 0 Å². The summed E-state index contributed by atoms with van der Waals surface area (Å²) in [5, 5.41) is 3.03. The van der Waals surface area contributed by atoms with Crippen LogP contribution in [0.25, 0.3) is 0 Å². The minimum atomic E-state index is -3.13. The number of hydrogen-bond donors (Lipinski definition) is 1. The maximum atomic E-state index is 13.5. The number of esters is 1. The Bertz CT molecular complexity index is 1200. The lowest BCUT2D eigenvalue weighted by Crippen LogP contribution is -2.37. The topological polar surface area (TPSA) is 105 Å². The number of halogens is 1. The number of carbonyl (C=O) groups is 2. The molecule has 2 aliphatic heterocycles. The number of nitrogens with one attached hydrogen (secondary N) is 1. The van der Waals surface area contributed by atoms with Crippen molar-refractivity contribution in [3.63, 3.8) is 0 Å². The molecule has 0 radical (unpaired) electrons. The van der Waals surface area contributed by atoms with E-state index in [2.05, 4.69) is 10.3 Å². The Balaban J connectivity index is 1.56. The highest BCUT2D eigenvalue weighted by Gasteiger charge is 2.44. The number of amidine groups is 1. The smallest absolute Gasteiger partial charge is 0.340 e. The van der Waals surface area contributed by atoms with Gasteiger partial charge < -0.3 is 15.0 Å². The number of sulfone groups is 1. The fraction of sp³-hybridized carbons (Fsp3) is 0.318. The molecule has 1 saturated heterocycles. The molecule has 33 heavy (non-hydrogen) atoms. The van der Waals surface area contributed by atoms with Crippen LogP contribution in [0.1, 0.15) is 17.3 Å². The van der Waals surface area contributed by atoms with Crippen molar-refractivity contribution in [3.8, 4) is 0 Å². The number of fused-ring (bicyclic) bond motifs is 1. The van der Waals surface area contributed by atoms with Crippen LogP contribution in [0, 0.1) is 5.82 Å². The number of anilines is 2. The van der Waals surface area contributed by atoms with Crippen LogP contribution in [0.4, 0.5) is 15.8 Å². The molecule has 0 unspecified atom stereocenters. The first-order valence-corrected chi connectivity index (χ1v) is 13.0. The highest BCUT2D eigenvalue weighted by atomic mass is 32.2. The highest BCUT2D eigenvalue weighted by Crippen LogP contribution is 2.36. The fourth-order valence-corrected chi connectivity index (χ4v) is 7.45. The van der Waals surface area contributed by atoms with E-state index < -0.39 is 27.5 Å². The molecule has 2 aliphatic rings. The zero-order valence-electron chi connectivity index (χ0n) is 17.7. The molecule has 174 valence electrons. The average molecular weight is 492 g/mol. The van der Waals surface area contributed by atoms with Gasteiger partial charge in [0.1, 0.15) is 12.4 Å². The molecular weight excluding hydrogens is 469 g/mol. The number of carbonyl (C=O) groups excluding carboxylic acids is 2. The van der Waals surface area contributed by atoms with Gasteiger partial charge in [0.2, 0.25) is 5.91 Å². The van der Waals surface area contributed by atoms with Gasteiger partial charge in [-0.15, -0.1) is 0 Å². The second-order valence-corrected chi connectivity index (χ2v) is 10.9. The van der Waals surface area contributed by atoms with Gasteiger partial charge in [-0.05, 0) is 43.3 Å². The first-order valence-electron chi connectivity index (χ1n) is 10.3. The maximum Gasteiger partial charge on any atom is 0.340 e. The zero-order valence-corrected chi connectivity index (χ0v) is 19.4. The first kappa shape index (κ1) is 23.2. The van der Waals surface area contributed by atoms with Crippen molar-refractivity contribution in [1.82, 2.24) is 0 Å². The number of rotatable bonds is 6. The summed E-state index contributed by atoms with van der Waals surface area (Å²) in [5.74, 6) is -1.39. The number of para-hydroxylation sites is 1. The van der Waals surface area contributed by atoms with Crippen LogP contribution in [0.5, 0.6) is 0 Å². The van der Waals surface area contributed by atoms with Gasteiger partial charge in [0.25, 0.3) is 0 Å². The van der Waals surface area contributed by atoms with Crippen molar-refractivity contribution < 1.29 is 27.1 Å². The third kappa shape index (κ3) is 5.36. The molecule has 0 saturated carbocycles. The highest BCUT2D eigenvalue weighted by molar-refractivity contribution is 8.15. The number of thioether (sulfide) groups is 1. The summed E-state index contributed by atoms with van der Waals surface area (Å²) in [6.07, 6.45) is 0. The van der Waals surface area contributed by atoms with Gasteiger partial charge in [0, 0.05) is 10.9 Å². The molecule has 11 heteroatoms. The number of nitrogens with zero attached hydrogens (tertiary/aromatic N) is 2. The summed E-state index contributed by atoms with van der Waals surface area (Å²) in [6, 6.07) is 11.8. The van der Waals surface area contributed by atoms with Crippen LogP contribution in [0.15, 0.2) is 53.5 Å². The van der Waals surface area contributed by atoms with E-state index in [4.69, 9.17) is 4.74 Å². The minimum absolute atomic E-state index is 0.0233. The van der Waals surface area contributed by atoms with E-state index in [1.165, 1.54) is 36.0 Å². The molecule has 1 fully saturated rings. The lowest BCUT2D eigenvalue weighted by Gasteiger charge is -2.24. The van der Waals surface area contributed by atoms with Crippen molar-refractivity contribution in [1.29, 1.82) is 0 Å². The van der Waals surface area contributed by atoms with E-state index in [9.17, 15) is 22.4 Å². The zero-order chi connectivity index (χ0) is 23.6. The SMILES string of the molecule is CCOC(=O)c1ccccc1NC(=O)CN(C1=N[C@@H]2CS(=O)(=O)C[C@@H]2S1)c1ccc(F)cc1. The third-order valence-electron chi connectivity index (χ3n) is 5.17. The standard InChI is InChI=1S/C22H22FN3O5S2/c1-2-31-21(28)16-5-3-4-6-17(16)24-20(27)11-26(15-9-7-14(23)8-10-15)22-25-18-12-33(29,30)13-19(18)32-22/h3-10,18-19H,2,11-13H2,1H3,(H,24,27)/t18-,19+/m1/s1. The van der Waals surface area contributed by atoms with E-state index in [1.54, 1.807) is 36.1 Å². The number of ether oxygens (including phenoxy) is 1. The molecule has 0 aromatic heterocycles. The predicted octanol–water partition coefficient (Wildman–Crippen LogP) is 2.72. The second kappa shape index (κ2) is 9.52. The van der Waals surface area contributed by atoms with Crippen LogP contribution in [0.3, 0.4) is 0 Å². The molecule has 0 aliphatic carbocycles. The molecule has 8 nitrogen and oxygen atoms in total. The summed E-state index contributed by atoms with van der Waals surface area (Å²) in [6.45, 7) is 1.73. The molecule has 4 rings (SSSR count). The summed E-state index contributed by atoms with van der Waals surface area (Å²) in [7, 11) is -3.13. The van der Waals surface area contributed by atoms with E-state index in [1.807, 2.05) is 0 Å². The maximum absolute atomic E-state index is 13.5. The van der Waals surface area contributed by atoms with Crippen molar-refractivity contribution in [2.75, 3.05) is 34.9 Å². The van der Waals surface area contributed by atoms with Crippen molar-refractivity contribution in [2.45, 2.75) is 18.2 Å². The number of aliphatic imine (C=N–C) groups is 1. The predicted molar refractivity (Wildman–Crippen MR) is 126 cm³/mol. The largest absolute Gasteiger partial charge is 0.462 e. The van der Waals surface area contributed by atoms with Crippen molar-refractivity contribution in [2.24, 2.45) is 4.99 Å². The van der Waals surface area contributed by atoms with Gasteiger partial charge in [-0.1, -0.05) is 23.9 Å². The summed E-state index contributed by atoms with van der Waals surface area (Å²) < 4.78 is 42.3. The van der Waals surface area contributed by atoms with Crippen LogP contribution in [-0.4, -0.2) is 61.4 Å². The second-order valence-electron chi connectivity index (χ2n) is 7.59. The Morgan fingerprint density at radius 2 is 1.91 bits per heavy atom. The van der Waals surface area contributed by atoms with Gasteiger partial charge in [-0.3, -0.25) is 9.79 Å². The monoisotopic (exact) mass is 491 g/mol. The fourth-order valence-electron chi connectivity index (χ4n) is 3.67. The van der Waals surface area contributed by atoms with Gasteiger partial charge in [0.05, 0.1) is 35.4 Å². The first-order chi connectivity index (χ1) is 15.8. The molecule has 1 amide bonds. The van der Waals surface area contributed by atoms with Gasteiger partial charge in [-0.25, -0.2) is 17.6 Å². The van der Waals surface area contributed by atoms with Crippen LogP contribution < -0.4 is 10.2 Å².